The predicted octanol–water partition coefficient (Wildman–Crippen LogP) is 3.22. The Morgan fingerprint density at radius 3 is 2.29 bits per heavy atom. The topological polar surface area (TPSA) is 115 Å². The van der Waals surface area contributed by atoms with Crippen LogP contribution in [0.3, 0.4) is 0 Å². The third-order valence-electron chi connectivity index (χ3n) is 4.01. The number of benzene rings is 1. The zero-order valence-electron chi connectivity index (χ0n) is 14.4. The van der Waals surface area contributed by atoms with Crippen LogP contribution in [0.25, 0.3) is 5.70 Å². The standard InChI is InChI=1S/C18H12F4N6/c1-28-9-12(8-27-28)17(26)13(7-25)16(11(5-23)6-24)10-2-3-14(15(19)4-10)18(20,21)22/h2-4,8-9,11,16H,26H2,1H3/b17-13-. The Morgan fingerprint density at radius 1 is 1.21 bits per heavy atom. The number of hydrogen-bond acceptors (Lipinski definition) is 5. The van der Waals surface area contributed by atoms with Gasteiger partial charge in [0.25, 0.3) is 0 Å². The smallest absolute Gasteiger partial charge is 0.397 e. The van der Waals surface area contributed by atoms with E-state index in [-0.39, 0.29) is 16.8 Å². The van der Waals surface area contributed by atoms with Gasteiger partial charge in [-0.15, -0.1) is 0 Å². The molecule has 1 atom stereocenters. The van der Waals surface area contributed by atoms with Gasteiger partial charge in [-0.1, -0.05) is 6.07 Å². The molecule has 0 saturated carbocycles. The van der Waals surface area contributed by atoms with Crippen LogP contribution in [0, 0.1) is 45.7 Å². The lowest BCUT2D eigenvalue weighted by Crippen LogP contribution is -2.17. The number of alkyl halides is 3. The lowest BCUT2D eigenvalue weighted by atomic mass is 9.80. The Kier molecular flexibility index (Phi) is 5.71. The Morgan fingerprint density at radius 2 is 1.86 bits per heavy atom. The lowest BCUT2D eigenvalue weighted by Gasteiger charge is -2.20. The Hall–Kier alpha value is -3.84. The second-order valence-corrected chi connectivity index (χ2v) is 5.79. The van der Waals surface area contributed by atoms with E-state index >= 15 is 0 Å². The van der Waals surface area contributed by atoms with E-state index < -0.39 is 29.4 Å². The lowest BCUT2D eigenvalue weighted by molar-refractivity contribution is -0.140. The molecule has 2 N–H and O–H groups in total. The highest BCUT2D eigenvalue weighted by atomic mass is 19.4. The van der Waals surface area contributed by atoms with Crippen LogP contribution in [-0.4, -0.2) is 9.78 Å². The molecule has 0 bridgehead atoms. The van der Waals surface area contributed by atoms with Crippen LogP contribution < -0.4 is 5.73 Å². The summed E-state index contributed by atoms with van der Waals surface area (Å²) in [5.74, 6) is -4.42. The third kappa shape index (κ3) is 3.94. The van der Waals surface area contributed by atoms with Crippen LogP contribution in [0.1, 0.15) is 22.6 Å². The molecule has 0 aliphatic heterocycles. The number of nitrogens with zero attached hydrogens (tertiary/aromatic N) is 5. The van der Waals surface area contributed by atoms with Crippen LogP contribution in [0.5, 0.6) is 0 Å². The fourth-order valence-corrected chi connectivity index (χ4v) is 2.67. The number of nitriles is 3. The SMILES string of the molecule is Cn1cc(/C(N)=C(\C#N)C(c2ccc(C(F)(F)F)c(F)c2)C(C#N)C#N)cn1. The summed E-state index contributed by atoms with van der Waals surface area (Å²) >= 11 is 0. The molecule has 142 valence electrons. The van der Waals surface area contributed by atoms with Crippen LogP contribution in [-0.2, 0) is 13.2 Å². The summed E-state index contributed by atoms with van der Waals surface area (Å²) in [6.07, 6.45) is -2.10. The molecule has 2 aromatic rings. The Bertz CT molecular complexity index is 1030. The molecule has 0 radical (unpaired) electrons. The van der Waals surface area contributed by atoms with Crippen LogP contribution in [0.15, 0.2) is 36.2 Å². The van der Waals surface area contributed by atoms with Gasteiger partial charge >= 0.3 is 6.18 Å². The highest BCUT2D eigenvalue weighted by Gasteiger charge is 2.36. The van der Waals surface area contributed by atoms with Crippen molar-refractivity contribution in [1.29, 1.82) is 15.8 Å². The zero-order chi connectivity index (χ0) is 21.1. The van der Waals surface area contributed by atoms with E-state index in [9.17, 15) is 33.3 Å². The fourth-order valence-electron chi connectivity index (χ4n) is 2.67. The highest BCUT2D eigenvalue weighted by molar-refractivity contribution is 5.70. The number of aryl methyl sites for hydroxylation is 1. The number of aromatic nitrogens is 2. The van der Waals surface area contributed by atoms with E-state index in [1.54, 1.807) is 25.3 Å². The molecule has 1 aromatic carbocycles. The van der Waals surface area contributed by atoms with Crippen LogP contribution in [0.2, 0.25) is 0 Å². The van der Waals surface area contributed by atoms with Crippen molar-refractivity contribution in [2.45, 2.75) is 12.1 Å². The molecule has 1 aromatic heterocycles. The van der Waals surface area contributed by atoms with Gasteiger partial charge in [0.2, 0.25) is 0 Å². The fraction of sp³-hybridized carbons (Fsp3) is 0.222. The summed E-state index contributed by atoms with van der Waals surface area (Å²) in [5.41, 5.74) is 4.30. The van der Waals surface area contributed by atoms with E-state index in [4.69, 9.17) is 5.73 Å². The van der Waals surface area contributed by atoms with Gasteiger partial charge in [0, 0.05) is 18.8 Å². The first-order chi connectivity index (χ1) is 13.1. The number of allylic oxidation sites excluding steroid dienone is 1. The van der Waals surface area contributed by atoms with Gasteiger partial charge in [0.1, 0.15) is 11.7 Å². The van der Waals surface area contributed by atoms with Crippen molar-refractivity contribution in [3.8, 4) is 18.2 Å². The molecule has 10 heteroatoms. The maximum atomic E-state index is 14.0. The number of halogens is 4. The van der Waals surface area contributed by atoms with Gasteiger partial charge < -0.3 is 5.73 Å². The van der Waals surface area contributed by atoms with Crippen molar-refractivity contribution >= 4 is 5.70 Å². The van der Waals surface area contributed by atoms with Crippen molar-refractivity contribution in [1.82, 2.24) is 9.78 Å². The first kappa shape index (κ1) is 20.5. The second kappa shape index (κ2) is 7.81. The molecule has 2 rings (SSSR count). The van der Waals surface area contributed by atoms with Gasteiger partial charge in [-0.05, 0) is 17.7 Å². The van der Waals surface area contributed by atoms with Crippen LogP contribution in [0.4, 0.5) is 17.6 Å². The quantitative estimate of drug-likeness (QED) is 0.638. The average molecular weight is 388 g/mol. The molecule has 0 saturated heterocycles. The summed E-state index contributed by atoms with van der Waals surface area (Å²) in [6, 6.07) is 7.12. The summed E-state index contributed by atoms with van der Waals surface area (Å²) in [6.45, 7) is 0. The number of nitrogens with two attached hydrogens (primary N) is 1. The molecule has 6 nitrogen and oxygen atoms in total. The minimum atomic E-state index is -4.91. The predicted molar refractivity (Wildman–Crippen MR) is 88.8 cm³/mol. The van der Waals surface area contributed by atoms with Crippen LogP contribution >= 0.6 is 0 Å². The van der Waals surface area contributed by atoms with Gasteiger partial charge in [-0.2, -0.15) is 34.1 Å². The molecule has 1 unspecified atom stereocenters. The first-order valence-electron chi connectivity index (χ1n) is 7.68. The van der Waals surface area contributed by atoms with Gasteiger partial charge in [0.15, 0.2) is 0 Å². The molecule has 1 heterocycles. The summed E-state index contributed by atoms with van der Waals surface area (Å²) < 4.78 is 53.9. The number of rotatable bonds is 4. The van der Waals surface area contributed by atoms with E-state index in [1.165, 1.54) is 17.1 Å². The Balaban J connectivity index is 2.70. The molecule has 0 aliphatic rings. The third-order valence-corrected chi connectivity index (χ3v) is 4.01. The van der Waals surface area contributed by atoms with Gasteiger partial charge in [-0.3, -0.25) is 4.68 Å². The zero-order valence-corrected chi connectivity index (χ0v) is 14.4. The van der Waals surface area contributed by atoms with E-state index in [0.29, 0.717) is 17.7 Å². The molecule has 0 spiro atoms. The average Bonchev–Trinajstić information content (AvgIpc) is 3.07. The highest BCUT2D eigenvalue weighted by Crippen LogP contribution is 2.38. The first-order valence-corrected chi connectivity index (χ1v) is 7.68. The van der Waals surface area contributed by atoms with E-state index in [1.807, 2.05) is 0 Å². The molecular formula is C18H12F4N6. The minimum absolute atomic E-state index is 0.114. The maximum Gasteiger partial charge on any atom is 0.419 e. The van der Waals surface area contributed by atoms with Gasteiger partial charge in [0.05, 0.1) is 47.2 Å². The Labute approximate surface area is 157 Å². The summed E-state index contributed by atoms with van der Waals surface area (Å²) in [5, 5.41) is 32.0. The second-order valence-electron chi connectivity index (χ2n) is 5.79. The summed E-state index contributed by atoms with van der Waals surface area (Å²) in [4.78, 5) is 0. The molecular weight excluding hydrogens is 376 g/mol. The molecule has 0 aliphatic carbocycles. The number of hydrogen-bond donors (Lipinski definition) is 1. The van der Waals surface area contributed by atoms with Gasteiger partial charge in [-0.25, -0.2) is 4.39 Å². The van der Waals surface area contributed by atoms with Crippen molar-refractivity contribution in [3.05, 3.63) is 58.7 Å². The summed E-state index contributed by atoms with van der Waals surface area (Å²) in [7, 11) is 1.60. The maximum absolute atomic E-state index is 14.0. The van der Waals surface area contributed by atoms with Crippen molar-refractivity contribution in [3.63, 3.8) is 0 Å². The largest absolute Gasteiger partial charge is 0.419 e. The monoisotopic (exact) mass is 388 g/mol. The van der Waals surface area contributed by atoms with Crippen molar-refractivity contribution in [2.24, 2.45) is 18.7 Å². The minimum Gasteiger partial charge on any atom is -0.397 e. The van der Waals surface area contributed by atoms with Crippen molar-refractivity contribution in [2.75, 3.05) is 0 Å². The molecule has 0 amide bonds. The molecule has 28 heavy (non-hydrogen) atoms. The van der Waals surface area contributed by atoms with E-state index in [2.05, 4.69) is 5.10 Å². The van der Waals surface area contributed by atoms with Crippen molar-refractivity contribution < 1.29 is 17.6 Å². The van der Waals surface area contributed by atoms with E-state index in [0.717, 1.165) is 6.07 Å². The normalized spacial score (nSPS) is 13.2. The molecule has 0 fully saturated rings.